The molecule has 0 aromatic heterocycles. The maximum Gasteiger partial charge on any atom is 0.331 e. The van der Waals surface area contributed by atoms with Gasteiger partial charge in [-0.05, 0) is 26.2 Å². The molecule has 0 aromatic carbocycles. The number of nitrogens with zero attached hydrogens (tertiary/aromatic N) is 1. The Balaban J connectivity index is 2.09. The number of allylic oxidation sites excluding steroid dienone is 1. The van der Waals surface area contributed by atoms with E-state index in [0.717, 1.165) is 44.9 Å². The van der Waals surface area contributed by atoms with Crippen LogP contribution in [-0.2, 0) is 14.4 Å². The average Bonchev–Trinajstić information content (AvgIpc) is 2.63. The van der Waals surface area contributed by atoms with Gasteiger partial charge in [-0.1, -0.05) is 38.7 Å². The van der Waals surface area contributed by atoms with Crippen LogP contribution in [0.15, 0.2) is 11.8 Å². The van der Waals surface area contributed by atoms with Gasteiger partial charge in [0.25, 0.3) is 0 Å². The van der Waals surface area contributed by atoms with Crippen molar-refractivity contribution < 1.29 is 19.2 Å². The summed E-state index contributed by atoms with van der Waals surface area (Å²) in [5, 5.41) is 2.28. The Morgan fingerprint density at radius 3 is 2.50 bits per heavy atom. The van der Waals surface area contributed by atoms with Crippen LogP contribution in [0.25, 0.3) is 0 Å². The number of hydrogen-bond donors (Lipinski definition) is 3. The largest absolute Gasteiger partial charge is 0.331 e. The van der Waals surface area contributed by atoms with Crippen LogP contribution < -0.4 is 16.2 Å². The third-order valence-corrected chi connectivity index (χ3v) is 4.86. The van der Waals surface area contributed by atoms with E-state index in [1.165, 1.54) is 4.90 Å². The van der Waals surface area contributed by atoms with Crippen LogP contribution in [0.2, 0.25) is 0 Å². The fourth-order valence-electron chi connectivity index (χ4n) is 3.40. The maximum absolute atomic E-state index is 12.9. The van der Waals surface area contributed by atoms with Crippen molar-refractivity contribution in [3.8, 4) is 0 Å². The van der Waals surface area contributed by atoms with E-state index in [4.69, 9.17) is 0 Å². The summed E-state index contributed by atoms with van der Waals surface area (Å²) in [6.07, 6.45) is 8.10. The van der Waals surface area contributed by atoms with Crippen molar-refractivity contribution in [2.24, 2.45) is 5.92 Å². The van der Waals surface area contributed by atoms with Crippen LogP contribution in [0.5, 0.6) is 0 Å². The van der Waals surface area contributed by atoms with Crippen molar-refractivity contribution in [1.29, 1.82) is 0 Å². The van der Waals surface area contributed by atoms with Gasteiger partial charge in [0, 0.05) is 18.2 Å². The minimum Gasteiger partial charge on any atom is -0.302 e. The molecular weight excluding hydrogens is 336 g/mol. The summed E-state index contributed by atoms with van der Waals surface area (Å²) in [4.78, 5) is 50.4. The molecule has 1 atom stereocenters. The van der Waals surface area contributed by atoms with Gasteiger partial charge in [0.1, 0.15) is 0 Å². The van der Waals surface area contributed by atoms with Gasteiger partial charge in [0.15, 0.2) is 5.92 Å². The zero-order valence-electron chi connectivity index (χ0n) is 15.5. The number of carbonyl (C=O) groups is 4. The number of hydrogen-bond acceptors (Lipinski definition) is 5. The van der Waals surface area contributed by atoms with Gasteiger partial charge in [-0.3, -0.25) is 30.0 Å². The Morgan fingerprint density at radius 2 is 1.88 bits per heavy atom. The molecule has 26 heavy (non-hydrogen) atoms. The Kier molecular flexibility index (Phi) is 7.17. The van der Waals surface area contributed by atoms with Gasteiger partial charge in [0.2, 0.25) is 17.7 Å². The van der Waals surface area contributed by atoms with Crippen molar-refractivity contribution in [3.05, 3.63) is 11.8 Å². The highest BCUT2D eigenvalue weighted by atomic mass is 16.2. The van der Waals surface area contributed by atoms with Crippen molar-refractivity contribution in [3.63, 3.8) is 0 Å². The SMILES string of the molecule is C/C=C(/NNC(=O)CCCC)[C@@H]1C(=O)NC(=O)N(C2CCCCC2)C1=O. The number of rotatable bonds is 7. The van der Waals surface area contributed by atoms with E-state index < -0.39 is 23.8 Å². The van der Waals surface area contributed by atoms with E-state index in [0.29, 0.717) is 6.42 Å². The molecule has 8 heteroatoms. The highest BCUT2D eigenvalue weighted by Gasteiger charge is 2.45. The lowest BCUT2D eigenvalue weighted by Gasteiger charge is -2.38. The Morgan fingerprint density at radius 1 is 1.19 bits per heavy atom. The van der Waals surface area contributed by atoms with Gasteiger partial charge >= 0.3 is 6.03 Å². The van der Waals surface area contributed by atoms with Crippen LogP contribution in [0.3, 0.4) is 0 Å². The maximum atomic E-state index is 12.9. The second kappa shape index (κ2) is 9.35. The summed E-state index contributed by atoms with van der Waals surface area (Å²) < 4.78 is 0. The van der Waals surface area contributed by atoms with E-state index in [1.807, 2.05) is 6.92 Å². The van der Waals surface area contributed by atoms with Crippen molar-refractivity contribution >= 4 is 23.8 Å². The third-order valence-electron chi connectivity index (χ3n) is 4.86. The summed E-state index contributed by atoms with van der Waals surface area (Å²) in [6, 6.07) is -0.824. The number of carbonyl (C=O) groups excluding carboxylic acids is 4. The molecule has 2 rings (SSSR count). The summed E-state index contributed by atoms with van der Waals surface area (Å²) >= 11 is 0. The van der Waals surface area contributed by atoms with Gasteiger partial charge in [-0.15, -0.1) is 0 Å². The molecule has 0 unspecified atom stereocenters. The normalized spacial score (nSPS) is 22.2. The predicted molar refractivity (Wildman–Crippen MR) is 95.3 cm³/mol. The molecule has 144 valence electrons. The smallest absolute Gasteiger partial charge is 0.302 e. The first-order valence-electron chi connectivity index (χ1n) is 9.38. The minimum atomic E-state index is -1.16. The van der Waals surface area contributed by atoms with E-state index in [9.17, 15) is 19.2 Å². The first kappa shape index (κ1) is 19.9. The second-order valence-corrected chi connectivity index (χ2v) is 6.75. The number of barbiturate groups is 1. The van der Waals surface area contributed by atoms with E-state index in [-0.39, 0.29) is 17.6 Å². The van der Waals surface area contributed by atoms with E-state index >= 15 is 0 Å². The zero-order chi connectivity index (χ0) is 19.1. The molecule has 1 saturated heterocycles. The molecule has 2 aliphatic rings. The Hall–Kier alpha value is -2.38. The Labute approximate surface area is 153 Å². The summed E-state index contributed by atoms with van der Waals surface area (Å²) in [6.45, 7) is 3.66. The van der Waals surface area contributed by atoms with Gasteiger partial charge in [-0.2, -0.15) is 0 Å². The topological polar surface area (TPSA) is 108 Å². The number of amides is 5. The highest BCUT2D eigenvalue weighted by Crippen LogP contribution is 2.27. The van der Waals surface area contributed by atoms with Crippen LogP contribution in [-0.4, -0.2) is 34.7 Å². The fourth-order valence-corrected chi connectivity index (χ4v) is 3.40. The van der Waals surface area contributed by atoms with Crippen LogP contribution in [0, 0.1) is 5.92 Å². The second-order valence-electron chi connectivity index (χ2n) is 6.75. The highest BCUT2D eigenvalue weighted by molar-refractivity contribution is 6.17. The molecule has 1 aliphatic heterocycles. The Bertz CT molecular complexity index is 596. The predicted octanol–water partition coefficient (Wildman–Crippen LogP) is 1.73. The zero-order valence-corrected chi connectivity index (χ0v) is 15.5. The van der Waals surface area contributed by atoms with E-state index in [1.54, 1.807) is 13.0 Å². The molecule has 0 spiro atoms. The van der Waals surface area contributed by atoms with Gasteiger partial charge in [-0.25, -0.2) is 4.79 Å². The molecule has 0 aromatic rings. The molecular formula is C18H28N4O4. The van der Waals surface area contributed by atoms with Crippen molar-refractivity contribution in [2.45, 2.75) is 71.3 Å². The van der Waals surface area contributed by atoms with Crippen molar-refractivity contribution in [1.82, 2.24) is 21.1 Å². The molecule has 1 saturated carbocycles. The molecule has 0 radical (unpaired) electrons. The quantitative estimate of drug-likeness (QED) is 0.471. The van der Waals surface area contributed by atoms with Gasteiger partial charge in [0.05, 0.1) is 0 Å². The summed E-state index contributed by atoms with van der Waals surface area (Å²) in [5.74, 6) is -2.58. The third kappa shape index (κ3) is 4.62. The lowest BCUT2D eigenvalue weighted by atomic mass is 9.91. The van der Waals surface area contributed by atoms with Gasteiger partial charge < -0.3 is 5.43 Å². The standard InChI is InChI=1S/C18H28N4O4/c1-3-5-11-14(23)21-20-13(4-2)15-16(24)19-18(26)22(17(15)25)12-9-7-6-8-10-12/h4,12,15,20H,3,5-11H2,1-2H3,(H,21,23)(H,19,24,26)/b13-4+/t15-/m1/s1. The number of urea groups is 1. The summed E-state index contributed by atoms with van der Waals surface area (Å²) in [5.41, 5.74) is 5.48. The fraction of sp³-hybridized carbons (Fsp3) is 0.667. The molecule has 2 fully saturated rings. The number of hydrazine groups is 1. The summed E-state index contributed by atoms with van der Waals surface area (Å²) in [7, 11) is 0. The molecule has 5 amide bonds. The minimum absolute atomic E-state index is 0.177. The monoisotopic (exact) mass is 364 g/mol. The van der Waals surface area contributed by atoms with E-state index in [2.05, 4.69) is 16.2 Å². The first-order valence-corrected chi connectivity index (χ1v) is 9.38. The van der Waals surface area contributed by atoms with Crippen LogP contribution in [0.1, 0.15) is 65.2 Å². The molecule has 0 bridgehead atoms. The number of unbranched alkanes of at least 4 members (excludes halogenated alkanes) is 1. The number of imide groups is 2. The molecule has 3 N–H and O–H groups in total. The van der Waals surface area contributed by atoms with Crippen molar-refractivity contribution in [2.75, 3.05) is 0 Å². The molecule has 1 heterocycles. The lowest BCUT2D eigenvalue weighted by Crippen LogP contribution is -2.62. The lowest BCUT2D eigenvalue weighted by molar-refractivity contribution is -0.143. The molecule has 8 nitrogen and oxygen atoms in total. The van der Waals surface area contributed by atoms with Crippen LogP contribution in [0.4, 0.5) is 4.79 Å². The number of nitrogens with one attached hydrogen (secondary N) is 3. The molecule has 1 aliphatic carbocycles. The average molecular weight is 364 g/mol. The van der Waals surface area contributed by atoms with Crippen LogP contribution >= 0.6 is 0 Å². The first-order chi connectivity index (χ1) is 12.5.